The van der Waals surface area contributed by atoms with E-state index in [1.165, 1.54) is 48.8 Å². The highest BCUT2D eigenvalue weighted by Gasteiger charge is 2.03. The van der Waals surface area contributed by atoms with Gasteiger partial charge in [0.2, 0.25) is 0 Å². The molecule has 0 heterocycles. The van der Waals surface area contributed by atoms with Gasteiger partial charge in [0.05, 0.1) is 0 Å². The summed E-state index contributed by atoms with van der Waals surface area (Å²) < 4.78 is 0. The fourth-order valence-corrected chi connectivity index (χ4v) is 2.02. The van der Waals surface area contributed by atoms with Crippen LogP contribution in [0.5, 0.6) is 0 Å². The normalized spacial score (nSPS) is 32.3. The van der Waals surface area contributed by atoms with Crippen LogP contribution in [0.1, 0.15) is 59.8 Å². The van der Waals surface area contributed by atoms with Crippen LogP contribution in [0.25, 0.3) is 0 Å². The average Bonchev–Trinajstić information content (AvgIpc) is 2.25. The minimum atomic E-state index is 1.24. The molecular formula is C15H24. The Labute approximate surface area is 94.8 Å². The molecule has 1 aliphatic carbocycles. The Morgan fingerprint density at radius 2 is 1.60 bits per heavy atom. The lowest BCUT2D eigenvalue weighted by Crippen LogP contribution is -1.89. The molecule has 0 saturated carbocycles. The van der Waals surface area contributed by atoms with Crippen molar-refractivity contribution in [3.05, 3.63) is 34.4 Å². The molecule has 0 saturated heterocycles. The maximum Gasteiger partial charge on any atom is -0.0317 e. The van der Waals surface area contributed by atoms with E-state index in [1.54, 1.807) is 5.57 Å². The summed E-state index contributed by atoms with van der Waals surface area (Å²) in [5.41, 5.74) is 5.96. The van der Waals surface area contributed by atoms with Crippen LogP contribution in [0.4, 0.5) is 0 Å². The smallest absolute Gasteiger partial charge is 0.0317 e. The van der Waals surface area contributed by atoms with Crippen LogP contribution in [0.15, 0.2) is 34.4 Å². The van der Waals surface area contributed by atoms with E-state index in [9.17, 15) is 0 Å². The molecule has 1 aliphatic rings. The van der Waals surface area contributed by atoms with Crippen LogP contribution in [0.3, 0.4) is 0 Å². The zero-order chi connectivity index (χ0) is 11.3. The topological polar surface area (TPSA) is 0 Å². The van der Waals surface area contributed by atoms with E-state index in [0.29, 0.717) is 0 Å². The van der Waals surface area contributed by atoms with E-state index in [4.69, 9.17) is 0 Å². The van der Waals surface area contributed by atoms with Gasteiger partial charge >= 0.3 is 0 Å². The minimum absolute atomic E-state index is 1.24. The zero-order valence-corrected chi connectivity index (χ0v) is 10.7. The Kier molecular flexibility index (Phi) is 4.87. The van der Waals surface area contributed by atoms with Gasteiger partial charge < -0.3 is 0 Å². The largest absolute Gasteiger partial charge is 0.0843 e. The summed E-state index contributed by atoms with van der Waals surface area (Å²) >= 11 is 0. The monoisotopic (exact) mass is 204 g/mol. The molecule has 0 unspecified atom stereocenters. The highest BCUT2D eigenvalue weighted by Crippen LogP contribution is 2.23. The first-order chi connectivity index (χ1) is 7.13. The van der Waals surface area contributed by atoms with E-state index in [2.05, 4.69) is 39.8 Å². The third-order valence-electron chi connectivity index (χ3n) is 3.58. The minimum Gasteiger partial charge on any atom is -0.0843 e. The second-order valence-electron chi connectivity index (χ2n) is 4.72. The molecule has 0 aromatic heterocycles. The van der Waals surface area contributed by atoms with Crippen molar-refractivity contribution in [2.24, 2.45) is 0 Å². The van der Waals surface area contributed by atoms with Gasteiger partial charge in [0.1, 0.15) is 0 Å². The van der Waals surface area contributed by atoms with Crippen LogP contribution in [0.2, 0.25) is 0 Å². The average molecular weight is 204 g/mol. The van der Waals surface area contributed by atoms with Crippen molar-refractivity contribution in [2.75, 3.05) is 0 Å². The van der Waals surface area contributed by atoms with E-state index in [1.807, 2.05) is 0 Å². The van der Waals surface area contributed by atoms with Gasteiger partial charge in [0, 0.05) is 0 Å². The highest BCUT2D eigenvalue weighted by molar-refractivity contribution is 5.39. The zero-order valence-electron chi connectivity index (χ0n) is 10.7. The Bertz CT molecular complexity index is 300. The van der Waals surface area contributed by atoms with Crippen molar-refractivity contribution in [3.63, 3.8) is 0 Å². The third kappa shape index (κ3) is 3.70. The van der Waals surface area contributed by atoms with Gasteiger partial charge in [0.15, 0.2) is 0 Å². The van der Waals surface area contributed by atoms with Crippen molar-refractivity contribution < 1.29 is 0 Å². The second-order valence-corrected chi connectivity index (χ2v) is 4.72. The van der Waals surface area contributed by atoms with Crippen LogP contribution in [-0.2, 0) is 0 Å². The van der Waals surface area contributed by atoms with E-state index < -0.39 is 0 Å². The van der Waals surface area contributed by atoms with Gasteiger partial charge in [-0.1, -0.05) is 24.1 Å². The molecule has 0 N–H and O–H groups in total. The summed E-state index contributed by atoms with van der Waals surface area (Å²) in [4.78, 5) is 0. The standard InChI is InChI=1S/C15H24/c1-12-10-8-6-5-7-9-11-13(2)15(4)14(12)3/h8,10H,5-7,9,11H2,1-4H3/b10-8+,14-12-,15-13-. The quantitative estimate of drug-likeness (QED) is 0.510. The Morgan fingerprint density at radius 3 is 2.33 bits per heavy atom. The summed E-state index contributed by atoms with van der Waals surface area (Å²) in [6, 6.07) is 0. The molecule has 0 amide bonds. The lowest BCUT2D eigenvalue weighted by atomic mass is 9.96. The number of rotatable bonds is 0. The summed E-state index contributed by atoms with van der Waals surface area (Å²) in [5, 5.41) is 0. The van der Waals surface area contributed by atoms with Crippen molar-refractivity contribution >= 4 is 0 Å². The van der Waals surface area contributed by atoms with Gasteiger partial charge in [-0.15, -0.1) is 0 Å². The molecule has 0 fully saturated rings. The lowest BCUT2D eigenvalue weighted by Gasteiger charge is -2.10. The second kappa shape index (κ2) is 5.95. The lowest BCUT2D eigenvalue weighted by molar-refractivity contribution is 0.682. The highest BCUT2D eigenvalue weighted by atomic mass is 14.1. The number of hydrogen-bond acceptors (Lipinski definition) is 0. The van der Waals surface area contributed by atoms with Crippen molar-refractivity contribution in [1.29, 1.82) is 0 Å². The fourth-order valence-electron chi connectivity index (χ4n) is 2.02. The first-order valence-electron chi connectivity index (χ1n) is 6.13. The molecule has 0 aromatic rings. The summed E-state index contributed by atoms with van der Waals surface area (Å²) in [5.74, 6) is 0. The Morgan fingerprint density at radius 1 is 0.867 bits per heavy atom. The summed E-state index contributed by atoms with van der Waals surface area (Å²) in [6.07, 6.45) is 11.2. The van der Waals surface area contributed by atoms with E-state index in [-0.39, 0.29) is 0 Å². The third-order valence-corrected chi connectivity index (χ3v) is 3.58. The molecule has 1 rings (SSSR count). The first kappa shape index (κ1) is 12.3. The predicted octanol–water partition coefficient (Wildman–Crippen LogP) is 5.18. The van der Waals surface area contributed by atoms with Gasteiger partial charge in [-0.3, -0.25) is 0 Å². The fraction of sp³-hybridized carbons (Fsp3) is 0.600. The van der Waals surface area contributed by atoms with Crippen LogP contribution >= 0.6 is 0 Å². The Hall–Kier alpha value is -0.780. The molecule has 0 nitrogen and oxygen atoms in total. The Balaban J connectivity index is 2.98. The molecule has 15 heavy (non-hydrogen) atoms. The predicted molar refractivity (Wildman–Crippen MR) is 69.0 cm³/mol. The van der Waals surface area contributed by atoms with Crippen LogP contribution in [0, 0.1) is 0 Å². The van der Waals surface area contributed by atoms with Crippen molar-refractivity contribution in [1.82, 2.24) is 0 Å². The first-order valence-corrected chi connectivity index (χ1v) is 6.13. The number of allylic oxidation sites excluding steroid dienone is 6. The van der Waals surface area contributed by atoms with Gasteiger partial charge in [-0.2, -0.15) is 0 Å². The molecule has 0 spiro atoms. The molecular weight excluding hydrogens is 180 g/mol. The number of hydrogen-bond donors (Lipinski definition) is 0. The van der Waals surface area contributed by atoms with E-state index in [0.717, 1.165) is 0 Å². The van der Waals surface area contributed by atoms with Gasteiger partial charge in [-0.05, 0) is 70.1 Å². The maximum atomic E-state index is 2.33. The summed E-state index contributed by atoms with van der Waals surface area (Å²) in [6.45, 7) is 9.02. The van der Waals surface area contributed by atoms with Crippen molar-refractivity contribution in [2.45, 2.75) is 59.8 Å². The van der Waals surface area contributed by atoms with Gasteiger partial charge in [-0.25, -0.2) is 0 Å². The summed E-state index contributed by atoms with van der Waals surface area (Å²) in [7, 11) is 0. The molecule has 84 valence electrons. The molecule has 0 aromatic carbocycles. The van der Waals surface area contributed by atoms with E-state index >= 15 is 0 Å². The maximum absolute atomic E-state index is 2.33. The molecule has 0 bridgehead atoms. The van der Waals surface area contributed by atoms with Crippen molar-refractivity contribution in [3.8, 4) is 0 Å². The molecule has 0 heteroatoms. The molecule has 0 atom stereocenters. The molecule has 0 aliphatic heterocycles. The van der Waals surface area contributed by atoms with Gasteiger partial charge in [0.25, 0.3) is 0 Å². The van der Waals surface area contributed by atoms with Crippen LogP contribution < -0.4 is 0 Å². The van der Waals surface area contributed by atoms with Crippen LogP contribution in [-0.4, -0.2) is 0 Å². The SMILES string of the molecule is CC1=C(C)/C(C)=C(/C)CCCCC\C=C\1. The molecule has 0 radical (unpaired) electrons.